The van der Waals surface area contributed by atoms with Crippen LogP contribution in [0.1, 0.15) is 12.8 Å². The topological polar surface area (TPSA) is 3.24 Å². The van der Waals surface area contributed by atoms with Crippen molar-refractivity contribution in [2.75, 3.05) is 20.1 Å². The summed E-state index contributed by atoms with van der Waals surface area (Å²) in [5.41, 5.74) is 0. The van der Waals surface area contributed by atoms with E-state index in [1.165, 1.54) is 25.9 Å². The van der Waals surface area contributed by atoms with Gasteiger partial charge in [0.05, 0.1) is 0 Å². The van der Waals surface area contributed by atoms with Crippen LogP contribution in [0.4, 0.5) is 0 Å². The molecule has 0 aromatic heterocycles. The molecule has 0 aromatic carbocycles. The zero-order valence-corrected chi connectivity index (χ0v) is 9.52. The molecule has 1 heterocycles. The van der Waals surface area contributed by atoms with E-state index in [0.717, 1.165) is 0 Å². The Morgan fingerprint density at radius 3 is 2.00 bits per heavy atom. The molecule has 0 atom stereocenters. The first-order valence-corrected chi connectivity index (χ1v) is 2.90. The standard InChI is InChI=1S/C6H12N.U/c1-7-5-3-2-4-6-7;/h2H,3-6H2,1H3;/q-1;. The maximum atomic E-state index is 2.36. The number of hydrogen-bond donors (Lipinski definition) is 0. The van der Waals surface area contributed by atoms with Gasteiger partial charge in [0.1, 0.15) is 0 Å². The van der Waals surface area contributed by atoms with E-state index in [-0.39, 0.29) is 31.1 Å². The summed E-state index contributed by atoms with van der Waals surface area (Å²) >= 11 is 0. The minimum absolute atomic E-state index is 0. The molecule has 0 aliphatic carbocycles. The van der Waals surface area contributed by atoms with Crippen LogP contribution in [0.25, 0.3) is 0 Å². The van der Waals surface area contributed by atoms with Crippen LogP contribution >= 0.6 is 0 Å². The summed E-state index contributed by atoms with van der Waals surface area (Å²) < 4.78 is 0. The number of rotatable bonds is 0. The molecule has 1 saturated heterocycles. The molecule has 1 nitrogen and oxygen atoms in total. The van der Waals surface area contributed by atoms with E-state index in [2.05, 4.69) is 18.4 Å². The van der Waals surface area contributed by atoms with Crippen molar-refractivity contribution in [2.24, 2.45) is 0 Å². The molecule has 8 heavy (non-hydrogen) atoms. The summed E-state index contributed by atoms with van der Waals surface area (Å²) in [5, 5.41) is 0. The minimum atomic E-state index is 0. The van der Waals surface area contributed by atoms with E-state index < -0.39 is 0 Å². The fraction of sp³-hybridized carbons (Fsp3) is 0.833. The molecular weight excluding hydrogens is 324 g/mol. The Morgan fingerprint density at radius 1 is 1.25 bits per heavy atom. The monoisotopic (exact) mass is 336 g/mol. The van der Waals surface area contributed by atoms with Crippen LogP contribution in [0, 0.1) is 37.5 Å². The van der Waals surface area contributed by atoms with Crippen LogP contribution in [0.15, 0.2) is 0 Å². The van der Waals surface area contributed by atoms with Crippen LogP contribution in [-0.2, 0) is 0 Å². The van der Waals surface area contributed by atoms with E-state index in [1.54, 1.807) is 0 Å². The van der Waals surface area contributed by atoms with E-state index in [4.69, 9.17) is 0 Å². The smallest absolute Gasteiger partial charge is 0 e. The molecule has 0 N–H and O–H groups in total. The van der Waals surface area contributed by atoms with Gasteiger partial charge in [0.25, 0.3) is 0 Å². The Labute approximate surface area is 75.2 Å². The Balaban J connectivity index is 0.000000490. The molecule has 46 valence electrons. The average molecular weight is 336 g/mol. The van der Waals surface area contributed by atoms with Gasteiger partial charge in [0, 0.05) is 31.1 Å². The van der Waals surface area contributed by atoms with Crippen molar-refractivity contribution in [3.8, 4) is 0 Å². The molecule has 1 aliphatic rings. The minimum Gasteiger partial charge on any atom is -0.326 e. The predicted molar refractivity (Wildman–Crippen MR) is 31.0 cm³/mol. The molecule has 2 heteroatoms. The SMILES string of the molecule is CN1CC[CH-]CC1.[U]. The van der Waals surface area contributed by atoms with Gasteiger partial charge in [-0.1, -0.05) is 0 Å². The van der Waals surface area contributed by atoms with E-state index >= 15 is 0 Å². The van der Waals surface area contributed by atoms with Gasteiger partial charge in [0.15, 0.2) is 0 Å². The number of hydrogen-bond acceptors (Lipinski definition) is 1. The fourth-order valence-corrected chi connectivity index (χ4v) is 0.879. The first-order chi connectivity index (χ1) is 3.39. The van der Waals surface area contributed by atoms with E-state index in [1.807, 2.05) is 0 Å². The van der Waals surface area contributed by atoms with Crippen LogP contribution in [-0.4, -0.2) is 25.0 Å². The van der Waals surface area contributed by atoms with E-state index in [9.17, 15) is 0 Å². The summed E-state index contributed by atoms with van der Waals surface area (Å²) in [6, 6.07) is 0. The quantitative estimate of drug-likeness (QED) is 0.595. The predicted octanol–water partition coefficient (Wildman–Crippen LogP) is 0.916. The molecule has 0 amide bonds. The first-order valence-electron chi connectivity index (χ1n) is 2.90. The van der Waals surface area contributed by atoms with Gasteiger partial charge in [-0.25, -0.2) is 0 Å². The second-order valence-corrected chi connectivity index (χ2v) is 2.17. The maximum absolute atomic E-state index is 2.36. The Kier molecular flexibility index (Phi) is 5.46. The maximum Gasteiger partial charge on any atom is 0 e. The summed E-state index contributed by atoms with van der Waals surface area (Å²) in [6.45, 7) is 2.53. The van der Waals surface area contributed by atoms with Crippen LogP contribution in [0.5, 0.6) is 0 Å². The molecule has 0 saturated carbocycles. The van der Waals surface area contributed by atoms with Crippen LogP contribution in [0.2, 0.25) is 0 Å². The zero-order chi connectivity index (χ0) is 5.11. The zero-order valence-electron chi connectivity index (χ0n) is 5.35. The molecule has 0 bridgehead atoms. The van der Waals surface area contributed by atoms with Gasteiger partial charge >= 0.3 is 0 Å². The van der Waals surface area contributed by atoms with Crippen molar-refractivity contribution < 1.29 is 31.1 Å². The van der Waals surface area contributed by atoms with Crippen molar-refractivity contribution in [3.63, 3.8) is 0 Å². The molecule has 0 radical (unpaired) electrons. The van der Waals surface area contributed by atoms with Gasteiger partial charge < -0.3 is 11.3 Å². The number of likely N-dealkylation sites (tertiary alicyclic amines) is 1. The Bertz CT molecular complexity index is 50.5. The molecule has 0 unspecified atom stereocenters. The first kappa shape index (κ1) is 9.01. The van der Waals surface area contributed by atoms with Crippen LogP contribution in [0.3, 0.4) is 0 Å². The average Bonchev–Trinajstić information content (AvgIpc) is 1.69. The van der Waals surface area contributed by atoms with Gasteiger partial charge in [-0.15, -0.1) is 0 Å². The fourth-order valence-electron chi connectivity index (χ4n) is 0.879. The Hall–Kier alpha value is 1.01. The Morgan fingerprint density at radius 2 is 1.75 bits per heavy atom. The summed E-state index contributed by atoms with van der Waals surface area (Å²) in [7, 11) is 2.17. The second kappa shape index (κ2) is 4.85. The molecule has 0 aromatic rings. The van der Waals surface area contributed by atoms with Crippen molar-refractivity contribution >= 4 is 0 Å². The number of piperidine rings is 1. The molecule has 1 aliphatic heterocycles. The number of nitrogens with zero attached hydrogens (tertiary/aromatic N) is 1. The largest absolute Gasteiger partial charge is 0.326 e. The molecular formula is C6H12NU-. The normalized spacial score (nSPS) is 22.1. The summed E-state index contributed by atoms with van der Waals surface area (Å²) in [4.78, 5) is 2.36. The van der Waals surface area contributed by atoms with Gasteiger partial charge in [0.2, 0.25) is 0 Å². The van der Waals surface area contributed by atoms with Gasteiger partial charge in [-0.05, 0) is 20.1 Å². The van der Waals surface area contributed by atoms with Crippen molar-refractivity contribution in [1.82, 2.24) is 4.90 Å². The molecule has 0 spiro atoms. The van der Waals surface area contributed by atoms with Crippen molar-refractivity contribution in [2.45, 2.75) is 12.8 Å². The third-order valence-corrected chi connectivity index (χ3v) is 1.43. The third-order valence-electron chi connectivity index (χ3n) is 1.43. The second-order valence-electron chi connectivity index (χ2n) is 2.17. The van der Waals surface area contributed by atoms with Crippen LogP contribution < -0.4 is 0 Å². The van der Waals surface area contributed by atoms with Gasteiger partial charge in [-0.3, -0.25) is 0 Å². The third kappa shape index (κ3) is 3.12. The summed E-state index contributed by atoms with van der Waals surface area (Å²) in [6.07, 6.45) is 4.94. The van der Waals surface area contributed by atoms with Crippen molar-refractivity contribution in [1.29, 1.82) is 0 Å². The molecule has 1 fully saturated rings. The van der Waals surface area contributed by atoms with Gasteiger partial charge in [-0.2, -0.15) is 12.8 Å². The summed E-state index contributed by atoms with van der Waals surface area (Å²) in [5.74, 6) is 0. The van der Waals surface area contributed by atoms with E-state index in [0.29, 0.717) is 0 Å². The molecule has 1 rings (SSSR count). The van der Waals surface area contributed by atoms with Crippen molar-refractivity contribution in [3.05, 3.63) is 6.42 Å².